The van der Waals surface area contributed by atoms with Crippen molar-refractivity contribution in [1.82, 2.24) is 9.55 Å². The Morgan fingerprint density at radius 2 is 1.78 bits per heavy atom. The lowest BCUT2D eigenvalue weighted by atomic mass is 10.2. The van der Waals surface area contributed by atoms with Crippen molar-refractivity contribution in [2.24, 2.45) is 0 Å². The zero-order valence-corrected chi connectivity index (χ0v) is 14.4. The molecule has 0 aliphatic heterocycles. The van der Waals surface area contributed by atoms with Crippen LogP contribution in [-0.2, 0) is 0 Å². The fraction of sp³-hybridized carbons (Fsp3) is 0.105. The third-order valence-corrected chi connectivity index (χ3v) is 3.73. The molecule has 2 N–H and O–H groups in total. The van der Waals surface area contributed by atoms with Crippen molar-refractivity contribution in [1.29, 1.82) is 0 Å². The first-order chi connectivity index (χ1) is 13.0. The van der Waals surface area contributed by atoms with Gasteiger partial charge in [-0.2, -0.15) is 0 Å². The second-order valence-corrected chi connectivity index (χ2v) is 5.54. The maximum Gasteiger partial charge on any atom is 0.333 e. The molecule has 0 saturated carbocycles. The molecule has 2 aromatic carbocycles. The molecule has 0 aliphatic rings. The average Bonchev–Trinajstić information content (AvgIpc) is 2.65. The number of anilines is 1. The van der Waals surface area contributed by atoms with Gasteiger partial charge < -0.3 is 15.0 Å². The number of rotatable bonds is 5. The van der Waals surface area contributed by atoms with E-state index in [0.717, 1.165) is 22.9 Å². The van der Waals surface area contributed by atoms with Gasteiger partial charge in [0, 0.05) is 11.9 Å². The molecule has 0 aliphatic carbocycles. The number of H-pyrrole nitrogens is 1. The van der Waals surface area contributed by atoms with Crippen LogP contribution in [0.15, 0.2) is 64.3 Å². The minimum atomic E-state index is -0.811. The van der Waals surface area contributed by atoms with E-state index >= 15 is 0 Å². The number of aromatic nitrogens is 2. The number of carbonyl (C=O) groups is 1. The third-order valence-electron chi connectivity index (χ3n) is 3.73. The molecule has 1 aromatic heterocycles. The summed E-state index contributed by atoms with van der Waals surface area (Å²) in [6.45, 7) is 2.38. The van der Waals surface area contributed by atoms with Crippen LogP contribution in [0.3, 0.4) is 0 Å². The number of nitrogens with one attached hydrogen (secondary N) is 2. The summed E-state index contributed by atoms with van der Waals surface area (Å²) in [6.07, 6.45) is 1.05. The predicted molar refractivity (Wildman–Crippen MR) is 98.2 cm³/mol. The Balaban J connectivity index is 1.91. The highest BCUT2D eigenvalue weighted by Crippen LogP contribution is 2.16. The average molecular weight is 369 g/mol. The fourth-order valence-electron chi connectivity index (χ4n) is 2.46. The minimum Gasteiger partial charge on any atom is -0.494 e. The van der Waals surface area contributed by atoms with E-state index in [2.05, 4.69) is 10.3 Å². The number of nitrogens with zero attached hydrogens (tertiary/aromatic N) is 1. The number of aromatic amines is 1. The summed E-state index contributed by atoms with van der Waals surface area (Å²) in [7, 11) is 0. The summed E-state index contributed by atoms with van der Waals surface area (Å²) in [5.74, 6) is -0.540. The second-order valence-electron chi connectivity index (χ2n) is 5.54. The molecule has 0 saturated heterocycles. The highest BCUT2D eigenvalue weighted by Gasteiger charge is 2.16. The van der Waals surface area contributed by atoms with Crippen molar-refractivity contribution in [3.05, 3.63) is 86.9 Å². The molecule has 1 heterocycles. The van der Waals surface area contributed by atoms with Crippen LogP contribution in [-0.4, -0.2) is 22.1 Å². The Morgan fingerprint density at radius 1 is 1.11 bits per heavy atom. The van der Waals surface area contributed by atoms with E-state index in [1.807, 2.05) is 6.92 Å². The van der Waals surface area contributed by atoms with Crippen LogP contribution in [0, 0.1) is 5.82 Å². The van der Waals surface area contributed by atoms with Crippen LogP contribution in [0.1, 0.15) is 17.3 Å². The van der Waals surface area contributed by atoms with E-state index in [1.165, 1.54) is 12.1 Å². The lowest BCUT2D eigenvalue weighted by Crippen LogP contribution is -2.38. The monoisotopic (exact) mass is 369 g/mol. The first kappa shape index (κ1) is 18.1. The van der Waals surface area contributed by atoms with Crippen LogP contribution in [0.4, 0.5) is 10.1 Å². The molecule has 0 fully saturated rings. The van der Waals surface area contributed by atoms with Gasteiger partial charge in [-0.1, -0.05) is 0 Å². The molecule has 0 atom stereocenters. The highest BCUT2D eigenvalue weighted by atomic mass is 19.1. The van der Waals surface area contributed by atoms with Crippen molar-refractivity contribution in [2.45, 2.75) is 6.92 Å². The minimum absolute atomic E-state index is 0.151. The predicted octanol–water partition coefficient (Wildman–Crippen LogP) is 2.32. The lowest BCUT2D eigenvalue weighted by Gasteiger charge is -2.09. The molecular weight excluding hydrogens is 353 g/mol. The molecule has 0 radical (unpaired) electrons. The molecule has 0 bridgehead atoms. The standard InChI is InChI=1S/C19H16FN3O4/c1-2-27-15-9-5-13(6-10-15)22-17(24)16-11-21-19(26)23(18(16)25)14-7-3-12(20)4-8-14/h3-11H,2H2,1H3,(H,21,26)(H,22,24). The first-order valence-corrected chi connectivity index (χ1v) is 8.14. The van der Waals surface area contributed by atoms with Gasteiger partial charge in [0.2, 0.25) is 0 Å². The molecule has 3 rings (SSSR count). The van der Waals surface area contributed by atoms with Crippen LogP contribution in [0.2, 0.25) is 0 Å². The Kier molecular flexibility index (Phi) is 5.16. The van der Waals surface area contributed by atoms with Crippen molar-refractivity contribution in [2.75, 3.05) is 11.9 Å². The molecular formula is C19H16FN3O4. The summed E-state index contributed by atoms with van der Waals surface area (Å²) in [4.78, 5) is 39.4. The number of halogens is 1. The summed E-state index contributed by atoms with van der Waals surface area (Å²) in [5, 5.41) is 2.59. The Hall–Kier alpha value is -3.68. The molecule has 1 amide bonds. The second kappa shape index (κ2) is 7.69. The Bertz CT molecular complexity index is 1070. The van der Waals surface area contributed by atoms with E-state index < -0.39 is 23.0 Å². The number of amides is 1. The van der Waals surface area contributed by atoms with Crippen LogP contribution in [0.5, 0.6) is 5.75 Å². The SMILES string of the molecule is CCOc1ccc(NC(=O)c2c[nH]c(=O)n(-c3ccc(F)cc3)c2=O)cc1. The highest BCUT2D eigenvalue weighted by molar-refractivity contribution is 6.03. The number of hydrogen-bond donors (Lipinski definition) is 2. The molecule has 27 heavy (non-hydrogen) atoms. The first-order valence-electron chi connectivity index (χ1n) is 8.14. The molecule has 3 aromatic rings. The summed E-state index contributed by atoms with van der Waals surface area (Å²) < 4.78 is 19.2. The van der Waals surface area contributed by atoms with E-state index in [-0.39, 0.29) is 11.3 Å². The summed E-state index contributed by atoms with van der Waals surface area (Å²) >= 11 is 0. The Labute approximate surface area is 153 Å². The van der Waals surface area contributed by atoms with Crippen LogP contribution in [0.25, 0.3) is 5.69 Å². The van der Waals surface area contributed by atoms with Gasteiger partial charge in [-0.25, -0.2) is 13.8 Å². The molecule has 138 valence electrons. The zero-order valence-electron chi connectivity index (χ0n) is 14.4. The number of ether oxygens (including phenoxy) is 1. The van der Waals surface area contributed by atoms with Gasteiger partial charge in [-0.15, -0.1) is 0 Å². The van der Waals surface area contributed by atoms with Gasteiger partial charge in [-0.3, -0.25) is 9.59 Å². The Morgan fingerprint density at radius 3 is 2.41 bits per heavy atom. The van der Waals surface area contributed by atoms with Gasteiger partial charge >= 0.3 is 5.69 Å². The number of hydrogen-bond acceptors (Lipinski definition) is 4. The third kappa shape index (κ3) is 3.95. The molecule has 8 heteroatoms. The largest absolute Gasteiger partial charge is 0.494 e. The van der Waals surface area contributed by atoms with Gasteiger partial charge in [0.25, 0.3) is 11.5 Å². The molecule has 0 spiro atoms. The van der Waals surface area contributed by atoms with Crippen molar-refractivity contribution < 1.29 is 13.9 Å². The van der Waals surface area contributed by atoms with E-state index in [4.69, 9.17) is 4.74 Å². The fourth-order valence-corrected chi connectivity index (χ4v) is 2.46. The van der Waals surface area contributed by atoms with Crippen LogP contribution >= 0.6 is 0 Å². The zero-order chi connectivity index (χ0) is 19.4. The van der Waals surface area contributed by atoms with E-state index in [0.29, 0.717) is 18.0 Å². The van der Waals surface area contributed by atoms with Gasteiger partial charge in [0.1, 0.15) is 17.1 Å². The van der Waals surface area contributed by atoms with E-state index in [9.17, 15) is 18.8 Å². The topological polar surface area (TPSA) is 93.2 Å². The molecule has 7 nitrogen and oxygen atoms in total. The summed E-state index contributed by atoms with van der Waals surface area (Å²) in [5.41, 5.74) is -1.19. The van der Waals surface area contributed by atoms with Crippen LogP contribution < -0.4 is 21.3 Å². The number of carbonyl (C=O) groups excluding carboxylic acids is 1. The lowest BCUT2D eigenvalue weighted by molar-refractivity contribution is 0.102. The maximum absolute atomic E-state index is 13.1. The maximum atomic E-state index is 13.1. The van der Waals surface area contributed by atoms with Gasteiger partial charge in [0.05, 0.1) is 12.3 Å². The normalized spacial score (nSPS) is 10.4. The number of benzene rings is 2. The van der Waals surface area contributed by atoms with E-state index in [1.54, 1.807) is 24.3 Å². The van der Waals surface area contributed by atoms with Gasteiger partial charge in [0.15, 0.2) is 0 Å². The smallest absolute Gasteiger partial charge is 0.333 e. The van der Waals surface area contributed by atoms with Crippen molar-refractivity contribution in [3.63, 3.8) is 0 Å². The van der Waals surface area contributed by atoms with Gasteiger partial charge in [-0.05, 0) is 55.5 Å². The molecule has 0 unspecified atom stereocenters. The van der Waals surface area contributed by atoms with Crippen molar-refractivity contribution >= 4 is 11.6 Å². The quantitative estimate of drug-likeness (QED) is 0.722. The van der Waals surface area contributed by atoms with Crippen molar-refractivity contribution in [3.8, 4) is 11.4 Å². The summed E-state index contributed by atoms with van der Waals surface area (Å²) in [6, 6.07) is 11.4.